The maximum Gasteiger partial charge on any atom is 0.291 e. The normalized spacial score (nSPS) is 11.2. The van der Waals surface area contributed by atoms with Crippen LogP contribution in [0.5, 0.6) is 0 Å². The van der Waals surface area contributed by atoms with Crippen LogP contribution in [0.15, 0.2) is 95.7 Å². The minimum Gasteiger partial charge on any atom is -0.451 e. The second-order valence-electron chi connectivity index (χ2n) is 7.43. The summed E-state index contributed by atoms with van der Waals surface area (Å²) in [6.07, 6.45) is 3.43. The van der Waals surface area contributed by atoms with Gasteiger partial charge in [-0.1, -0.05) is 30.3 Å². The van der Waals surface area contributed by atoms with Gasteiger partial charge in [-0.15, -0.1) is 10.2 Å². The summed E-state index contributed by atoms with van der Waals surface area (Å²) in [5, 5.41) is 16.9. The van der Waals surface area contributed by atoms with Crippen LogP contribution in [0.25, 0.3) is 39.3 Å². The minimum absolute atomic E-state index is 0.267. The number of rotatable bonds is 4. The molecule has 2 aromatic carbocycles. The van der Waals surface area contributed by atoms with Crippen molar-refractivity contribution in [3.05, 3.63) is 97.0 Å². The number of fused-ring (bicyclic) bond motifs is 2. The number of hydrogen-bond donors (Lipinski definition) is 1. The molecule has 0 aliphatic carbocycles. The topological polar surface area (TPSA) is 98.2 Å². The average Bonchev–Trinajstić information content (AvgIpc) is 3.49. The molecule has 0 aliphatic rings. The Morgan fingerprint density at radius 1 is 0.879 bits per heavy atom. The largest absolute Gasteiger partial charge is 0.451 e. The van der Waals surface area contributed by atoms with Crippen LogP contribution in [-0.4, -0.2) is 30.7 Å². The molecule has 4 aromatic heterocycles. The molecule has 0 saturated carbocycles. The Hall–Kier alpha value is -4.85. The molecule has 0 bridgehead atoms. The molecule has 0 unspecified atom stereocenters. The van der Waals surface area contributed by atoms with Gasteiger partial charge >= 0.3 is 0 Å². The first kappa shape index (κ1) is 18.9. The number of furan rings is 1. The highest BCUT2D eigenvalue weighted by atomic mass is 16.3. The number of pyridine rings is 1. The number of hydrogen-bond acceptors (Lipinski definition) is 6. The predicted octanol–water partition coefficient (Wildman–Crippen LogP) is 4.85. The van der Waals surface area contributed by atoms with Crippen molar-refractivity contribution in [2.24, 2.45) is 0 Å². The molecule has 0 aliphatic heterocycles. The Labute approximate surface area is 187 Å². The number of amides is 1. The van der Waals surface area contributed by atoms with Crippen LogP contribution in [0.1, 0.15) is 10.6 Å². The van der Waals surface area contributed by atoms with Crippen molar-refractivity contribution in [3.63, 3.8) is 0 Å². The maximum absolute atomic E-state index is 12.6. The molecule has 8 heteroatoms. The molecule has 4 heterocycles. The summed E-state index contributed by atoms with van der Waals surface area (Å²) in [6.45, 7) is 0. The quantitative estimate of drug-likeness (QED) is 0.428. The Balaban J connectivity index is 1.26. The molecular weight excluding hydrogens is 416 g/mol. The molecule has 33 heavy (non-hydrogen) atoms. The van der Waals surface area contributed by atoms with E-state index in [-0.39, 0.29) is 11.7 Å². The molecule has 158 valence electrons. The number of aromatic nitrogens is 5. The van der Waals surface area contributed by atoms with Crippen LogP contribution in [0.4, 0.5) is 5.69 Å². The molecule has 1 N–H and O–H groups in total. The minimum atomic E-state index is -0.302. The standard InChI is InChI=1S/C25H16N6O2/c32-25(22-14-17-4-1-2-6-21(17)33-22)27-19-9-7-16(8-10-19)20-11-12-23-28-29-24(31(23)30-20)18-5-3-13-26-15-18/h1-15H,(H,27,32). The Kier molecular flexibility index (Phi) is 4.40. The van der Waals surface area contributed by atoms with Crippen LogP contribution in [-0.2, 0) is 0 Å². The lowest BCUT2D eigenvalue weighted by molar-refractivity contribution is 0.0998. The number of benzene rings is 2. The van der Waals surface area contributed by atoms with Gasteiger partial charge in [-0.05, 0) is 48.5 Å². The van der Waals surface area contributed by atoms with Crippen LogP contribution >= 0.6 is 0 Å². The van der Waals surface area contributed by atoms with Gasteiger partial charge in [0.25, 0.3) is 5.91 Å². The van der Waals surface area contributed by atoms with Gasteiger partial charge in [0.2, 0.25) is 0 Å². The molecule has 0 atom stereocenters. The number of carbonyl (C=O) groups excluding carboxylic acids is 1. The van der Waals surface area contributed by atoms with Crippen molar-refractivity contribution >= 4 is 28.2 Å². The summed E-state index contributed by atoms with van der Waals surface area (Å²) in [6, 6.07) is 24.2. The van der Waals surface area contributed by atoms with Crippen LogP contribution in [0, 0.1) is 0 Å². The molecule has 0 saturated heterocycles. The molecule has 0 radical (unpaired) electrons. The number of carbonyl (C=O) groups is 1. The first-order valence-electron chi connectivity index (χ1n) is 10.3. The lowest BCUT2D eigenvalue weighted by Gasteiger charge is -2.06. The summed E-state index contributed by atoms with van der Waals surface area (Å²) in [4.78, 5) is 16.7. The van der Waals surface area contributed by atoms with Gasteiger partial charge in [0.1, 0.15) is 5.58 Å². The number of anilines is 1. The maximum atomic E-state index is 12.6. The van der Waals surface area contributed by atoms with Crippen molar-refractivity contribution in [3.8, 4) is 22.6 Å². The predicted molar refractivity (Wildman–Crippen MR) is 124 cm³/mol. The molecule has 0 spiro atoms. The lowest BCUT2D eigenvalue weighted by atomic mass is 10.1. The molecule has 1 amide bonds. The fraction of sp³-hybridized carbons (Fsp3) is 0. The van der Waals surface area contributed by atoms with Crippen LogP contribution in [0.3, 0.4) is 0 Å². The van der Waals surface area contributed by atoms with Crippen molar-refractivity contribution in [2.75, 3.05) is 5.32 Å². The van der Waals surface area contributed by atoms with Gasteiger partial charge in [0, 0.05) is 34.6 Å². The van der Waals surface area contributed by atoms with E-state index in [0.29, 0.717) is 22.7 Å². The first-order valence-corrected chi connectivity index (χ1v) is 10.3. The third kappa shape index (κ3) is 3.49. The van der Waals surface area contributed by atoms with Crippen LogP contribution in [0.2, 0.25) is 0 Å². The average molecular weight is 432 g/mol. The fourth-order valence-corrected chi connectivity index (χ4v) is 3.63. The zero-order valence-electron chi connectivity index (χ0n) is 17.2. The van der Waals surface area contributed by atoms with E-state index in [4.69, 9.17) is 9.52 Å². The van der Waals surface area contributed by atoms with Crippen molar-refractivity contribution in [1.29, 1.82) is 0 Å². The second kappa shape index (κ2) is 7.69. The lowest BCUT2D eigenvalue weighted by Crippen LogP contribution is -2.10. The number of para-hydroxylation sites is 1. The van der Waals surface area contributed by atoms with E-state index in [1.165, 1.54) is 0 Å². The second-order valence-corrected chi connectivity index (χ2v) is 7.43. The molecule has 8 nitrogen and oxygen atoms in total. The Bertz CT molecular complexity index is 1570. The van der Waals surface area contributed by atoms with Crippen molar-refractivity contribution < 1.29 is 9.21 Å². The van der Waals surface area contributed by atoms with Crippen molar-refractivity contribution in [2.45, 2.75) is 0 Å². The smallest absolute Gasteiger partial charge is 0.291 e. The summed E-state index contributed by atoms with van der Waals surface area (Å²) < 4.78 is 7.33. The van der Waals surface area contributed by atoms with Crippen LogP contribution < -0.4 is 5.32 Å². The highest BCUT2D eigenvalue weighted by molar-refractivity contribution is 6.04. The monoisotopic (exact) mass is 432 g/mol. The highest BCUT2D eigenvalue weighted by Crippen LogP contribution is 2.24. The third-order valence-electron chi connectivity index (χ3n) is 5.27. The summed E-state index contributed by atoms with van der Waals surface area (Å²) in [7, 11) is 0. The first-order chi connectivity index (χ1) is 16.2. The van der Waals surface area contributed by atoms with E-state index in [1.54, 1.807) is 23.0 Å². The Morgan fingerprint density at radius 2 is 1.76 bits per heavy atom. The van der Waals surface area contributed by atoms with E-state index in [9.17, 15) is 4.79 Å². The number of nitrogens with zero attached hydrogens (tertiary/aromatic N) is 5. The van der Waals surface area contributed by atoms with Gasteiger partial charge in [0.15, 0.2) is 17.2 Å². The zero-order valence-corrected chi connectivity index (χ0v) is 17.2. The van der Waals surface area contributed by atoms with E-state index in [1.807, 2.05) is 72.8 Å². The van der Waals surface area contributed by atoms with Gasteiger partial charge in [0.05, 0.1) is 5.69 Å². The van der Waals surface area contributed by atoms with E-state index in [0.717, 1.165) is 22.2 Å². The SMILES string of the molecule is O=C(Nc1ccc(-c2ccc3nnc(-c4cccnc4)n3n2)cc1)c1cc2ccccc2o1. The summed E-state index contributed by atoms with van der Waals surface area (Å²) in [5.41, 5.74) is 4.46. The van der Waals surface area contributed by atoms with Gasteiger partial charge in [-0.25, -0.2) is 0 Å². The molecule has 6 aromatic rings. The summed E-state index contributed by atoms with van der Waals surface area (Å²) in [5.74, 6) is 0.585. The van der Waals surface area contributed by atoms with Crippen molar-refractivity contribution in [1.82, 2.24) is 24.8 Å². The van der Waals surface area contributed by atoms with E-state index < -0.39 is 0 Å². The van der Waals surface area contributed by atoms with Gasteiger partial charge in [-0.2, -0.15) is 9.61 Å². The number of nitrogens with one attached hydrogen (secondary N) is 1. The third-order valence-corrected chi connectivity index (χ3v) is 5.27. The fourth-order valence-electron chi connectivity index (χ4n) is 3.63. The van der Waals surface area contributed by atoms with Gasteiger partial charge < -0.3 is 9.73 Å². The zero-order chi connectivity index (χ0) is 22.2. The molecule has 0 fully saturated rings. The molecular formula is C25H16N6O2. The summed E-state index contributed by atoms with van der Waals surface area (Å²) >= 11 is 0. The Morgan fingerprint density at radius 3 is 2.58 bits per heavy atom. The van der Waals surface area contributed by atoms with E-state index >= 15 is 0 Å². The van der Waals surface area contributed by atoms with Gasteiger partial charge in [-0.3, -0.25) is 9.78 Å². The molecule has 6 rings (SSSR count). The van der Waals surface area contributed by atoms with E-state index in [2.05, 4.69) is 20.5 Å². The highest BCUT2D eigenvalue weighted by Gasteiger charge is 2.13.